The summed E-state index contributed by atoms with van der Waals surface area (Å²) in [5.41, 5.74) is 0. The van der Waals surface area contributed by atoms with Crippen LogP contribution in [0.4, 0.5) is 0 Å². The Bertz CT molecular complexity index is 375. The van der Waals surface area contributed by atoms with Gasteiger partial charge in [0.25, 0.3) is 0 Å². The molecule has 0 aromatic rings. The summed E-state index contributed by atoms with van der Waals surface area (Å²) in [7, 11) is 0. The normalized spacial score (nSPS) is 10.9. The molecule has 0 atom stereocenters. The number of aliphatic hydroxyl groups is 2. The molecule has 0 rings (SSSR count). The van der Waals surface area contributed by atoms with Crippen LogP contribution in [0.3, 0.4) is 0 Å². The molecule has 0 spiro atoms. The third kappa shape index (κ3) is 25.1. The minimum atomic E-state index is -0.127. The molecule has 0 aromatic heterocycles. The maximum atomic E-state index is 11.7. The van der Waals surface area contributed by atoms with Gasteiger partial charge in [-0.1, -0.05) is 77.0 Å². The molecule has 0 aromatic carbocycles. The Morgan fingerprint density at radius 2 is 0.688 bits per heavy atom. The first-order valence-corrected chi connectivity index (χ1v) is 13.2. The molecule has 0 heterocycles. The average Bonchev–Trinajstić information content (AvgIpc) is 2.79. The molecule has 190 valence electrons. The standard InChI is InChI=1S/C26H50O6/c27-21-15-11-7-3-1-5-9-13-19-25(29)31-23-17-18-24-32-26(30)20-14-10-6-2-4-8-12-16-22-28/h27-28H,1-24H2. The summed E-state index contributed by atoms with van der Waals surface area (Å²) in [5, 5.41) is 17.4. The summed E-state index contributed by atoms with van der Waals surface area (Å²) in [5.74, 6) is -0.253. The van der Waals surface area contributed by atoms with Gasteiger partial charge >= 0.3 is 11.9 Å². The van der Waals surface area contributed by atoms with Gasteiger partial charge in [0.05, 0.1) is 13.2 Å². The average molecular weight is 459 g/mol. The van der Waals surface area contributed by atoms with Crippen molar-refractivity contribution in [2.45, 2.75) is 128 Å². The van der Waals surface area contributed by atoms with Crippen molar-refractivity contribution < 1.29 is 29.3 Å². The van der Waals surface area contributed by atoms with Crippen molar-refractivity contribution in [3.8, 4) is 0 Å². The SMILES string of the molecule is O=C(CCCCCCCCCCO)OCCCCOC(=O)CCCCCCCCCCO. The highest BCUT2D eigenvalue weighted by atomic mass is 16.5. The molecule has 0 aliphatic rings. The van der Waals surface area contributed by atoms with E-state index in [4.69, 9.17) is 19.7 Å². The molecule has 0 radical (unpaired) electrons. The largest absolute Gasteiger partial charge is 0.466 e. The summed E-state index contributed by atoms with van der Waals surface area (Å²) >= 11 is 0. The highest BCUT2D eigenvalue weighted by Crippen LogP contribution is 2.11. The van der Waals surface area contributed by atoms with Crippen molar-refractivity contribution in [3.05, 3.63) is 0 Å². The Morgan fingerprint density at radius 1 is 0.406 bits per heavy atom. The van der Waals surface area contributed by atoms with Gasteiger partial charge < -0.3 is 19.7 Å². The van der Waals surface area contributed by atoms with Crippen LogP contribution in [-0.2, 0) is 19.1 Å². The zero-order valence-corrected chi connectivity index (χ0v) is 20.5. The van der Waals surface area contributed by atoms with E-state index >= 15 is 0 Å². The van der Waals surface area contributed by atoms with E-state index in [0.717, 1.165) is 77.0 Å². The first kappa shape index (κ1) is 30.9. The van der Waals surface area contributed by atoms with E-state index in [1.165, 1.54) is 38.5 Å². The van der Waals surface area contributed by atoms with Crippen LogP contribution in [0.5, 0.6) is 0 Å². The van der Waals surface area contributed by atoms with Crippen molar-refractivity contribution in [1.82, 2.24) is 0 Å². The molecule has 0 aliphatic heterocycles. The van der Waals surface area contributed by atoms with E-state index < -0.39 is 0 Å². The summed E-state index contributed by atoms with van der Waals surface area (Å²) in [6.45, 7) is 1.39. The van der Waals surface area contributed by atoms with Crippen LogP contribution in [-0.4, -0.2) is 48.6 Å². The van der Waals surface area contributed by atoms with Crippen molar-refractivity contribution in [2.75, 3.05) is 26.4 Å². The molecule has 0 saturated heterocycles. The lowest BCUT2D eigenvalue weighted by Gasteiger charge is -2.07. The number of aliphatic hydroxyl groups excluding tert-OH is 2. The third-order valence-corrected chi connectivity index (χ3v) is 5.64. The summed E-state index contributed by atoms with van der Waals surface area (Å²) in [4.78, 5) is 23.4. The van der Waals surface area contributed by atoms with E-state index in [1.54, 1.807) is 0 Å². The van der Waals surface area contributed by atoms with Crippen LogP contribution < -0.4 is 0 Å². The van der Waals surface area contributed by atoms with Gasteiger partial charge in [-0.2, -0.15) is 0 Å². The predicted molar refractivity (Wildman–Crippen MR) is 128 cm³/mol. The van der Waals surface area contributed by atoms with Gasteiger partial charge in [-0.15, -0.1) is 0 Å². The molecule has 0 saturated carbocycles. The zero-order valence-electron chi connectivity index (χ0n) is 20.5. The molecule has 0 amide bonds. The second-order valence-corrected chi connectivity index (χ2v) is 8.75. The fraction of sp³-hybridized carbons (Fsp3) is 0.923. The van der Waals surface area contributed by atoms with Gasteiger partial charge in [0, 0.05) is 26.1 Å². The van der Waals surface area contributed by atoms with E-state index in [2.05, 4.69) is 0 Å². The first-order valence-electron chi connectivity index (χ1n) is 13.2. The number of hydrogen-bond donors (Lipinski definition) is 2. The second-order valence-electron chi connectivity index (χ2n) is 8.75. The zero-order chi connectivity index (χ0) is 23.5. The molecule has 0 aliphatic carbocycles. The van der Waals surface area contributed by atoms with E-state index in [9.17, 15) is 9.59 Å². The smallest absolute Gasteiger partial charge is 0.305 e. The molecule has 6 nitrogen and oxygen atoms in total. The maximum absolute atomic E-state index is 11.7. The quantitative estimate of drug-likeness (QED) is 0.131. The highest BCUT2D eigenvalue weighted by molar-refractivity contribution is 5.69. The minimum absolute atomic E-state index is 0.127. The Kier molecular flexibility index (Phi) is 25.2. The fourth-order valence-corrected chi connectivity index (χ4v) is 3.60. The first-order chi connectivity index (χ1) is 15.7. The van der Waals surface area contributed by atoms with Gasteiger partial charge in [-0.25, -0.2) is 0 Å². The minimum Gasteiger partial charge on any atom is -0.466 e. The van der Waals surface area contributed by atoms with Gasteiger partial charge in [-0.3, -0.25) is 9.59 Å². The topological polar surface area (TPSA) is 93.1 Å². The number of ether oxygens (including phenoxy) is 2. The molecule has 32 heavy (non-hydrogen) atoms. The Hall–Kier alpha value is -1.14. The second kappa shape index (κ2) is 26.1. The van der Waals surface area contributed by atoms with Gasteiger partial charge in [0.2, 0.25) is 0 Å². The van der Waals surface area contributed by atoms with Gasteiger partial charge in [-0.05, 0) is 38.5 Å². The Morgan fingerprint density at radius 3 is 1.00 bits per heavy atom. The lowest BCUT2D eigenvalue weighted by Crippen LogP contribution is -2.08. The van der Waals surface area contributed by atoms with Crippen LogP contribution >= 0.6 is 0 Å². The van der Waals surface area contributed by atoms with Crippen LogP contribution in [0.15, 0.2) is 0 Å². The summed E-state index contributed by atoms with van der Waals surface area (Å²) < 4.78 is 10.5. The van der Waals surface area contributed by atoms with Gasteiger partial charge in [0.15, 0.2) is 0 Å². The molecule has 0 fully saturated rings. The van der Waals surface area contributed by atoms with Crippen LogP contribution in [0.1, 0.15) is 128 Å². The van der Waals surface area contributed by atoms with Crippen LogP contribution in [0.25, 0.3) is 0 Å². The van der Waals surface area contributed by atoms with Crippen molar-refractivity contribution in [1.29, 1.82) is 0 Å². The number of esters is 2. The van der Waals surface area contributed by atoms with Crippen molar-refractivity contribution in [2.24, 2.45) is 0 Å². The van der Waals surface area contributed by atoms with Crippen LogP contribution in [0.2, 0.25) is 0 Å². The van der Waals surface area contributed by atoms with Gasteiger partial charge in [0.1, 0.15) is 0 Å². The summed E-state index contributed by atoms with van der Waals surface area (Å²) in [6, 6.07) is 0. The van der Waals surface area contributed by atoms with Crippen molar-refractivity contribution in [3.63, 3.8) is 0 Å². The summed E-state index contributed by atoms with van der Waals surface area (Å²) in [6.07, 6.45) is 19.9. The highest BCUT2D eigenvalue weighted by Gasteiger charge is 2.04. The maximum Gasteiger partial charge on any atom is 0.305 e. The lowest BCUT2D eigenvalue weighted by molar-refractivity contribution is -0.146. The molecule has 0 unspecified atom stereocenters. The van der Waals surface area contributed by atoms with Crippen molar-refractivity contribution >= 4 is 11.9 Å². The number of unbranched alkanes of at least 4 members (excludes halogenated alkanes) is 15. The molecule has 0 bridgehead atoms. The molecule has 6 heteroatoms. The number of carbonyl (C=O) groups is 2. The Balaban J connectivity index is 3.27. The molecule has 2 N–H and O–H groups in total. The predicted octanol–water partition coefficient (Wildman–Crippen LogP) is 5.86. The molecular weight excluding hydrogens is 408 g/mol. The fourth-order valence-electron chi connectivity index (χ4n) is 3.60. The number of carbonyl (C=O) groups excluding carboxylic acids is 2. The number of hydrogen-bond acceptors (Lipinski definition) is 6. The molecular formula is C26H50O6. The van der Waals surface area contributed by atoms with E-state index in [-0.39, 0.29) is 11.9 Å². The Labute approximate surface area is 196 Å². The monoisotopic (exact) mass is 458 g/mol. The third-order valence-electron chi connectivity index (χ3n) is 5.64. The van der Waals surface area contributed by atoms with E-state index in [1.807, 2.05) is 0 Å². The van der Waals surface area contributed by atoms with E-state index in [0.29, 0.717) is 39.3 Å². The van der Waals surface area contributed by atoms with Crippen LogP contribution in [0, 0.1) is 0 Å². The number of rotatable bonds is 25. The lowest BCUT2D eigenvalue weighted by atomic mass is 10.1.